The first kappa shape index (κ1) is 14.8. The molecule has 0 aromatic carbocycles. The number of halogens is 1. The number of nitrogens with zero attached hydrogens (tertiary/aromatic N) is 2. The summed E-state index contributed by atoms with van der Waals surface area (Å²) in [4.78, 5) is 28.1. The fourth-order valence-corrected chi connectivity index (χ4v) is 2.65. The van der Waals surface area contributed by atoms with E-state index >= 15 is 0 Å². The van der Waals surface area contributed by atoms with Crippen molar-refractivity contribution in [2.24, 2.45) is 5.92 Å². The van der Waals surface area contributed by atoms with Gasteiger partial charge in [-0.2, -0.15) is 0 Å². The Morgan fingerprint density at radius 3 is 2.75 bits per heavy atom. The Hall–Kier alpha value is -1.63. The summed E-state index contributed by atoms with van der Waals surface area (Å²) in [7, 11) is 0. The summed E-state index contributed by atoms with van der Waals surface area (Å²) < 4.78 is 0.665. The van der Waals surface area contributed by atoms with Crippen LogP contribution in [0, 0.1) is 5.92 Å². The number of hydrogen-bond acceptors (Lipinski definition) is 3. The summed E-state index contributed by atoms with van der Waals surface area (Å²) in [5.41, 5.74) is 0.558. The summed E-state index contributed by atoms with van der Waals surface area (Å²) in [5.74, 6) is 0.190. The van der Waals surface area contributed by atoms with E-state index in [9.17, 15) is 9.59 Å². The van der Waals surface area contributed by atoms with E-state index in [2.05, 4.69) is 26.2 Å². The van der Waals surface area contributed by atoms with Crippen LogP contribution in [0.4, 0.5) is 4.79 Å². The molecule has 20 heavy (non-hydrogen) atoms. The molecule has 1 aliphatic heterocycles. The third kappa shape index (κ3) is 3.69. The van der Waals surface area contributed by atoms with Crippen molar-refractivity contribution >= 4 is 27.9 Å². The number of carbonyl (C=O) groups excluding carboxylic acids is 1. The van der Waals surface area contributed by atoms with Gasteiger partial charge in [0.05, 0.1) is 5.56 Å². The maximum absolute atomic E-state index is 12.0. The molecule has 6 nitrogen and oxygen atoms in total. The lowest BCUT2D eigenvalue weighted by molar-refractivity contribution is 0.0928. The predicted octanol–water partition coefficient (Wildman–Crippen LogP) is 1.96. The van der Waals surface area contributed by atoms with Crippen LogP contribution < -0.4 is 5.32 Å². The van der Waals surface area contributed by atoms with Crippen molar-refractivity contribution in [3.63, 3.8) is 0 Å². The molecule has 0 saturated carbocycles. The number of carbonyl (C=O) groups is 2. The molecule has 1 fully saturated rings. The third-order valence-corrected chi connectivity index (χ3v) is 4.09. The van der Waals surface area contributed by atoms with Crippen LogP contribution in [0.25, 0.3) is 0 Å². The van der Waals surface area contributed by atoms with E-state index in [0.717, 1.165) is 12.8 Å². The highest BCUT2D eigenvalue weighted by Gasteiger charge is 2.22. The highest BCUT2D eigenvalue weighted by Crippen LogP contribution is 2.17. The molecule has 2 amide bonds. The molecule has 0 unspecified atom stereocenters. The first-order valence-corrected chi connectivity index (χ1v) is 7.23. The summed E-state index contributed by atoms with van der Waals surface area (Å²) in [6.45, 7) is 1.64. The Kier molecular flexibility index (Phi) is 4.94. The van der Waals surface area contributed by atoms with Gasteiger partial charge in [-0.1, -0.05) is 0 Å². The van der Waals surface area contributed by atoms with E-state index in [4.69, 9.17) is 5.11 Å². The number of hydrogen-bond donors (Lipinski definition) is 2. The number of likely N-dealkylation sites (tertiary alicyclic amines) is 1. The maximum Gasteiger partial charge on any atom is 0.407 e. The molecular weight excluding hydrogens is 326 g/mol. The normalized spacial score (nSPS) is 15.9. The van der Waals surface area contributed by atoms with Gasteiger partial charge < -0.3 is 15.3 Å². The minimum absolute atomic E-state index is 0.139. The van der Waals surface area contributed by atoms with Crippen molar-refractivity contribution in [3.8, 4) is 0 Å². The molecule has 0 spiro atoms. The van der Waals surface area contributed by atoms with E-state index in [0.29, 0.717) is 35.6 Å². The number of nitrogens with one attached hydrogen (secondary N) is 1. The number of piperidine rings is 1. The Bertz CT molecular complexity index is 501. The van der Waals surface area contributed by atoms with Crippen LogP contribution in [-0.4, -0.2) is 46.6 Å². The topological polar surface area (TPSA) is 82.5 Å². The SMILES string of the molecule is O=C(NCC1CCN(C(=O)O)CC1)c1ccncc1Br. The molecule has 7 heteroatoms. The number of aromatic nitrogens is 1. The quantitative estimate of drug-likeness (QED) is 0.880. The van der Waals surface area contributed by atoms with Crippen LogP contribution in [0.1, 0.15) is 23.2 Å². The largest absolute Gasteiger partial charge is 0.465 e. The van der Waals surface area contributed by atoms with Crippen molar-refractivity contribution in [2.45, 2.75) is 12.8 Å². The summed E-state index contributed by atoms with van der Waals surface area (Å²) >= 11 is 3.29. The molecule has 2 rings (SSSR count). The molecule has 1 aromatic heterocycles. The average molecular weight is 342 g/mol. The van der Waals surface area contributed by atoms with Crippen LogP contribution in [-0.2, 0) is 0 Å². The Morgan fingerprint density at radius 1 is 1.45 bits per heavy atom. The van der Waals surface area contributed by atoms with Gasteiger partial charge in [0.15, 0.2) is 0 Å². The Morgan fingerprint density at radius 2 is 2.15 bits per heavy atom. The van der Waals surface area contributed by atoms with Crippen molar-refractivity contribution in [1.29, 1.82) is 0 Å². The number of amides is 2. The molecule has 0 atom stereocenters. The maximum atomic E-state index is 12.0. The lowest BCUT2D eigenvalue weighted by atomic mass is 9.97. The van der Waals surface area contributed by atoms with Crippen LogP contribution in [0.5, 0.6) is 0 Å². The first-order valence-electron chi connectivity index (χ1n) is 6.43. The van der Waals surface area contributed by atoms with Crippen molar-refractivity contribution in [3.05, 3.63) is 28.5 Å². The van der Waals surface area contributed by atoms with Crippen LogP contribution in [0.2, 0.25) is 0 Å². The molecule has 2 heterocycles. The summed E-state index contributed by atoms with van der Waals surface area (Å²) in [6.07, 6.45) is 3.85. The van der Waals surface area contributed by atoms with Gasteiger partial charge in [-0.3, -0.25) is 9.78 Å². The fourth-order valence-electron chi connectivity index (χ4n) is 2.22. The van der Waals surface area contributed by atoms with Gasteiger partial charge in [-0.15, -0.1) is 0 Å². The Labute approximate surface area is 125 Å². The minimum atomic E-state index is -0.867. The van der Waals surface area contributed by atoms with Gasteiger partial charge in [0.25, 0.3) is 5.91 Å². The zero-order chi connectivity index (χ0) is 14.5. The van der Waals surface area contributed by atoms with Crippen molar-refractivity contribution in [1.82, 2.24) is 15.2 Å². The molecule has 1 aliphatic rings. The molecule has 1 saturated heterocycles. The van der Waals surface area contributed by atoms with Crippen molar-refractivity contribution < 1.29 is 14.7 Å². The zero-order valence-electron chi connectivity index (χ0n) is 10.9. The van der Waals surface area contributed by atoms with Crippen LogP contribution in [0.15, 0.2) is 22.9 Å². The van der Waals surface area contributed by atoms with Gasteiger partial charge in [0.2, 0.25) is 0 Å². The number of pyridine rings is 1. The molecule has 0 aliphatic carbocycles. The first-order chi connectivity index (χ1) is 9.58. The summed E-state index contributed by atoms with van der Waals surface area (Å²) in [5, 5.41) is 11.8. The van der Waals surface area contributed by atoms with E-state index in [1.807, 2.05) is 0 Å². The smallest absolute Gasteiger partial charge is 0.407 e. The van der Waals surface area contributed by atoms with E-state index in [1.54, 1.807) is 18.5 Å². The van der Waals surface area contributed by atoms with E-state index < -0.39 is 6.09 Å². The molecule has 108 valence electrons. The molecule has 2 N–H and O–H groups in total. The highest BCUT2D eigenvalue weighted by atomic mass is 79.9. The fraction of sp³-hybridized carbons (Fsp3) is 0.462. The lowest BCUT2D eigenvalue weighted by Crippen LogP contribution is -2.40. The molecule has 0 bridgehead atoms. The standard InChI is InChI=1S/C13H16BrN3O3/c14-11-8-15-4-1-10(11)12(18)16-7-9-2-5-17(6-3-9)13(19)20/h1,4,8-9H,2-3,5-7H2,(H,16,18)(H,19,20). The summed E-state index contributed by atoms with van der Waals surface area (Å²) in [6, 6.07) is 1.66. The monoisotopic (exact) mass is 341 g/mol. The van der Waals surface area contributed by atoms with Crippen LogP contribution in [0.3, 0.4) is 0 Å². The van der Waals surface area contributed by atoms with Gasteiger partial charge in [0.1, 0.15) is 0 Å². The van der Waals surface area contributed by atoms with Gasteiger partial charge in [-0.25, -0.2) is 4.79 Å². The molecule has 0 radical (unpaired) electrons. The molecule has 1 aromatic rings. The van der Waals surface area contributed by atoms with Gasteiger partial charge >= 0.3 is 6.09 Å². The zero-order valence-corrected chi connectivity index (χ0v) is 12.5. The number of rotatable bonds is 3. The Balaban J connectivity index is 1.80. The van der Waals surface area contributed by atoms with E-state index in [1.165, 1.54) is 4.90 Å². The van der Waals surface area contributed by atoms with E-state index in [-0.39, 0.29) is 5.91 Å². The second-order valence-electron chi connectivity index (χ2n) is 4.78. The third-order valence-electron chi connectivity index (χ3n) is 3.45. The van der Waals surface area contributed by atoms with Gasteiger partial charge in [0, 0.05) is 36.5 Å². The number of carboxylic acid groups (broad SMARTS) is 1. The average Bonchev–Trinajstić information content (AvgIpc) is 2.45. The van der Waals surface area contributed by atoms with Crippen molar-refractivity contribution in [2.75, 3.05) is 19.6 Å². The predicted molar refractivity (Wildman–Crippen MR) is 76.6 cm³/mol. The second kappa shape index (κ2) is 6.69. The van der Waals surface area contributed by atoms with Crippen LogP contribution >= 0.6 is 15.9 Å². The highest BCUT2D eigenvalue weighted by molar-refractivity contribution is 9.10. The minimum Gasteiger partial charge on any atom is -0.465 e. The second-order valence-corrected chi connectivity index (χ2v) is 5.63. The van der Waals surface area contributed by atoms with Gasteiger partial charge in [-0.05, 0) is 40.8 Å². The molecular formula is C13H16BrN3O3. The lowest BCUT2D eigenvalue weighted by Gasteiger charge is -2.30.